The third kappa shape index (κ3) is 4.55. The van der Waals surface area contributed by atoms with Crippen LogP contribution < -0.4 is 11.1 Å². The largest absolute Gasteiger partial charge is 0.379 e. The molecule has 0 spiro atoms. The quantitative estimate of drug-likeness (QED) is 0.572. The summed E-state index contributed by atoms with van der Waals surface area (Å²) in [5, 5.41) is 10.2. The standard InChI is InChI=1S/C10H12ClN3OS/c11-7-3-1-2-4-8(7)14-9(15)5-6-16-10(12)13/h1-4H,5-6H2,(H3,12,13)(H,14,15). The van der Waals surface area contributed by atoms with Crippen molar-refractivity contribution in [2.75, 3.05) is 11.1 Å². The highest BCUT2D eigenvalue weighted by Crippen LogP contribution is 2.20. The van der Waals surface area contributed by atoms with Gasteiger partial charge in [-0.15, -0.1) is 0 Å². The van der Waals surface area contributed by atoms with Crippen molar-refractivity contribution in [3.05, 3.63) is 29.3 Å². The van der Waals surface area contributed by atoms with Crippen LogP contribution in [-0.4, -0.2) is 16.8 Å². The summed E-state index contributed by atoms with van der Waals surface area (Å²) in [5.74, 6) is 0.355. The number of nitrogens with one attached hydrogen (secondary N) is 2. The van der Waals surface area contributed by atoms with E-state index in [1.54, 1.807) is 24.3 Å². The summed E-state index contributed by atoms with van der Waals surface area (Å²) in [6.45, 7) is 0. The Morgan fingerprint density at radius 1 is 1.50 bits per heavy atom. The molecular weight excluding hydrogens is 246 g/mol. The summed E-state index contributed by atoms with van der Waals surface area (Å²) in [6.07, 6.45) is 0.301. The maximum absolute atomic E-state index is 11.5. The molecule has 0 radical (unpaired) electrons. The van der Waals surface area contributed by atoms with Gasteiger partial charge in [0.25, 0.3) is 0 Å². The number of amidine groups is 1. The third-order valence-corrected chi connectivity index (χ3v) is 2.78. The van der Waals surface area contributed by atoms with Crippen molar-refractivity contribution in [2.45, 2.75) is 6.42 Å². The lowest BCUT2D eigenvalue weighted by Gasteiger charge is -2.06. The highest BCUT2D eigenvalue weighted by atomic mass is 35.5. The SMILES string of the molecule is N=C(N)SCCC(=O)Nc1ccccc1Cl. The fraction of sp³-hybridized carbons (Fsp3) is 0.200. The van der Waals surface area contributed by atoms with E-state index in [4.69, 9.17) is 22.7 Å². The van der Waals surface area contributed by atoms with Crippen LogP contribution in [0.15, 0.2) is 24.3 Å². The monoisotopic (exact) mass is 257 g/mol. The molecule has 0 heterocycles. The first kappa shape index (κ1) is 12.9. The van der Waals surface area contributed by atoms with E-state index in [9.17, 15) is 4.79 Å². The van der Waals surface area contributed by atoms with Gasteiger partial charge in [0, 0.05) is 12.2 Å². The molecule has 0 atom stereocenters. The summed E-state index contributed by atoms with van der Waals surface area (Å²) in [5.41, 5.74) is 5.75. The van der Waals surface area contributed by atoms with E-state index in [2.05, 4.69) is 5.32 Å². The second kappa shape index (κ2) is 6.40. The summed E-state index contributed by atoms with van der Waals surface area (Å²) in [7, 11) is 0. The summed E-state index contributed by atoms with van der Waals surface area (Å²) < 4.78 is 0. The van der Waals surface area contributed by atoms with Crippen molar-refractivity contribution < 1.29 is 4.79 Å². The van der Waals surface area contributed by atoms with Gasteiger partial charge >= 0.3 is 0 Å². The van der Waals surface area contributed by atoms with E-state index in [-0.39, 0.29) is 11.1 Å². The minimum absolute atomic E-state index is 0.0190. The lowest BCUT2D eigenvalue weighted by molar-refractivity contribution is -0.115. The Morgan fingerprint density at radius 3 is 2.81 bits per heavy atom. The van der Waals surface area contributed by atoms with Crippen LogP contribution in [0.2, 0.25) is 5.02 Å². The second-order valence-electron chi connectivity index (χ2n) is 2.99. The molecule has 16 heavy (non-hydrogen) atoms. The van der Waals surface area contributed by atoms with E-state index < -0.39 is 0 Å². The van der Waals surface area contributed by atoms with Crippen LogP contribution in [0.3, 0.4) is 0 Å². The molecule has 4 nitrogen and oxygen atoms in total. The molecule has 0 aliphatic heterocycles. The van der Waals surface area contributed by atoms with Crippen molar-refractivity contribution in [3.63, 3.8) is 0 Å². The number of hydrogen-bond acceptors (Lipinski definition) is 3. The minimum atomic E-state index is -0.137. The summed E-state index contributed by atoms with van der Waals surface area (Å²) in [6, 6.07) is 7.04. The van der Waals surface area contributed by atoms with E-state index in [1.165, 1.54) is 0 Å². The molecule has 0 unspecified atom stereocenters. The number of anilines is 1. The highest BCUT2D eigenvalue weighted by molar-refractivity contribution is 8.13. The van der Waals surface area contributed by atoms with E-state index >= 15 is 0 Å². The van der Waals surface area contributed by atoms with Crippen molar-refractivity contribution >= 4 is 40.1 Å². The molecule has 0 saturated carbocycles. The summed E-state index contributed by atoms with van der Waals surface area (Å²) in [4.78, 5) is 11.5. The molecule has 1 aromatic carbocycles. The molecule has 1 aromatic rings. The Kier molecular flexibility index (Phi) is 5.14. The number of rotatable bonds is 4. The molecule has 1 amide bonds. The van der Waals surface area contributed by atoms with E-state index in [1.807, 2.05) is 0 Å². The molecule has 1 rings (SSSR count). The van der Waals surface area contributed by atoms with Gasteiger partial charge in [-0.05, 0) is 12.1 Å². The number of carbonyl (C=O) groups excluding carboxylic acids is 1. The number of halogens is 1. The van der Waals surface area contributed by atoms with Crippen molar-refractivity contribution in [2.24, 2.45) is 5.73 Å². The first-order valence-corrected chi connectivity index (χ1v) is 5.97. The number of thioether (sulfide) groups is 1. The van der Waals surface area contributed by atoms with Gasteiger partial charge in [-0.1, -0.05) is 35.5 Å². The first-order valence-electron chi connectivity index (χ1n) is 4.61. The maximum atomic E-state index is 11.5. The molecule has 86 valence electrons. The minimum Gasteiger partial charge on any atom is -0.379 e. The molecule has 0 aliphatic carbocycles. The lowest BCUT2D eigenvalue weighted by Crippen LogP contribution is -2.14. The van der Waals surface area contributed by atoms with Gasteiger partial charge in [0.15, 0.2) is 5.17 Å². The van der Waals surface area contributed by atoms with Crippen molar-refractivity contribution in [1.82, 2.24) is 0 Å². The second-order valence-corrected chi connectivity index (χ2v) is 4.53. The first-order chi connectivity index (χ1) is 7.59. The zero-order chi connectivity index (χ0) is 12.0. The van der Waals surface area contributed by atoms with E-state index in [0.29, 0.717) is 22.9 Å². The molecule has 0 aliphatic rings. The fourth-order valence-electron chi connectivity index (χ4n) is 1.03. The number of nitrogens with two attached hydrogens (primary N) is 1. The molecule has 4 N–H and O–H groups in total. The molecule has 6 heteroatoms. The molecule has 0 bridgehead atoms. The number of hydrogen-bond donors (Lipinski definition) is 3. The Morgan fingerprint density at radius 2 is 2.19 bits per heavy atom. The summed E-state index contributed by atoms with van der Waals surface area (Å²) >= 11 is 7.02. The van der Waals surface area contributed by atoms with Crippen LogP contribution in [0.5, 0.6) is 0 Å². The van der Waals surface area contributed by atoms with Crippen molar-refractivity contribution in [1.29, 1.82) is 5.41 Å². The number of amides is 1. The Labute approximate surface area is 103 Å². The lowest BCUT2D eigenvalue weighted by atomic mass is 10.3. The van der Waals surface area contributed by atoms with Gasteiger partial charge < -0.3 is 11.1 Å². The van der Waals surface area contributed by atoms with Crippen LogP contribution in [0.25, 0.3) is 0 Å². The predicted molar refractivity (Wildman–Crippen MR) is 69.1 cm³/mol. The smallest absolute Gasteiger partial charge is 0.225 e. The van der Waals surface area contributed by atoms with Crippen LogP contribution in [0.4, 0.5) is 5.69 Å². The Bertz CT molecular complexity index is 397. The fourth-order valence-corrected chi connectivity index (χ4v) is 1.72. The van der Waals surface area contributed by atoms with Crippen LogP contribution in [-0.2, 0) is 4.79 Å². The zero-order valence-corrected chi connectivity index (χ0v) is 10.1. The van der Waals surface area contributed by atoms with Gasteiger partial charge in [0.2, 0.25) is 5.91 Å². The number of benzene rings is 1. The van der Waals surface area contributed by atoms with Gasteiger partial charge in [-0.3, -0.25) is 10.2 Å². The molecule has 0 aromatic heterocycles. The maximum Gasteiger partial charge on any atom is 0.225 e. The highest BCUT2D eigenvalue weighted by Gasteiger charge is 2.05. The van der Waals surface area contributed by atoms with Gasteiger partial charge in [0.1, 0.15) is 0 Å². The average molecular weight is 258 g/mol. The predicted octanol–water partition coefficient (Wildman–Crippen LogP) is 2.30. The van der Waals surface area contributed by atoms with Crippen LogP contribution in [0, 0.1) is 5.41 Å². The average Bonchev–Trinajstić information content (AvgIpc) is 2.21. The van der Waals surface area contributed by atoms with Crippen LogP contribution >= 0.6 is 23.4 Å². The zero-order valence-electron chi connectivity index (χ0n) is 8.50. The molecular formula is C10H12ClN3OS. The Hall–Kier alpha value is -1.20. The Balaban J connectivity index is 2.40. The van der Waals surface area contributed by atoms with Gasteiger partial charge in [-0.25, -0.2) is 0 Å². The topological polar surface area (TPSA) is 79.0 Å². The van der Waals surface area contributed by atoms with Gasteiger partial charge in [0.05, 0.1) is 10.7 Å². The normalized spacial score (nSPS) is 9.81. The van der Waals surface area contributed by atoms with E-state index in [0.717, 1.165) is 11.8 Å². The molecule has 0 saturated heterocycles. The third-order valence-electron chi connectivity index (χ3n) is 1.73. The van der Waals surface area contributed by atoms with Crippen molar-refractivity contribution in [3.8, 4) is 0 Å². The van der Waals surface area contributed by atoms with Crippen LogP contribution in [0.1, 0.15) is 6.42 Å². The van der Waals surface area contributed by atoms with Gasteiger partial charge in [-0.2, -0.15) is 0 Å². The number of carbonyl (C=O) groups is 1. The number of para-hydroxylation sites is 1. The molecule has 0 fully saturated rings.